The number of rotatable bonds is 4. The molecule has 1 aromatic rings. The number of nitrogens with zero attached hydrogens (tertiary/aromatic N) is 1. The Hall–Kier alpha value is -1.59. The number of fused-ring (bicyclic) bond motifs is 1. The molecule has 2 saturated carbocycles. The molecule has 4 rings (SSSR count). The lowest BCUT2D eigenvalue weighted by molar-refractivity contribution is -0.235. The highest BCUT2D eigenvalue weighted by Gasteiger charge is 2.60. The average molecular weight is 373 g/mol. The maximum absolute atomic E-state index is 13.1. The van der Waals surface area contributed by atoms with Gasteiger partial charge in [0.05, 0.1) is 18.8 Å². The van der Waals surface area contributed by atoms with Crippen molar-refractivity contribution in [2.75, 3.05) is 13.7 Å². The number of aliphatic hydroxyl groups is 2. The lowest BCUT2D eigenvalue weighted by Crippen LogP contribution is -2.73. The minimum absolute atomic E-state index is 0.0988. The number of hydrogen-bond donors (Lipinski definition) is 2. The van der Waals surface area contributed by atoms with Crippen molar-refractivity contribution in [2.45, 2.75) is 75.0 Å². The minimum atomic E-state index is -1.23. The van der Waals surface area contributed by atoms with E-state index in [9.17, 15) is 15.0 Å². The highest BCUT2D eigenvalue weighted by molar-refractivity contribution is 5.80. The van der Waals surface area contributed by atoms with Crippen LogP contribution in [0.2, 0.25) is 0 Å². The molecule has 0 radical (unpaired) electrons. The van der Waals surface area contributed by atoms with Crippen LogP contribution in [0, 0.1) is 5.92 Å². The van der Waals surface area contributed by atoms with Gasteiger partial charge in [-0.05, 0) is 56.2 Å². The van der Waals surface area contributed by atoms with Gasteiger partial charge in [0.15, 0.2) is 0 Å². The first-order valence-corrected chi connectivity index (χ1v) is 10.3. The van der Waals surface area contributed by atoms with E-state index in [4.69, 9.17) is 4.74 Å². The third-order valence-electron chi connectivity index (χ3n) is 7.22. The first-order chi connectivity index (χ1) is 13.0. The van der Waals surface area contributed by atoms with E-state index in [-0.39, 0.29) is 17.9 Å². The Morgan fingerprint density at radius 3 is 2.44 bits per heavy atom. The van der Waals surface area contributed by atoms with Crippen LogP contribution in [0.1, 0.15) is 56.9 Å². The Bertz CT molecular complexity index is 686. The zero-order valence-corrected chi connectivity index (χ0v) is 16.2. The second kappa shape index (κ2) is 7.10. The largest absolute Gasteiger partial charge is 0.497 e. The summed E-state index contributed by atoms with van der Waals surface area (Å²) in [5, 5.41) is 23.0. The molecule has 5 nitrogen and oxygen atoms in total. The van der Waals surface area contributed by atoms with Crippen molar-refractivity contribution in [1.29, 1.82) is 0 Å². The van der Waals surface area contributed by atoms with Crippen LogP contribution < -0.4 is 4.74 Å². The van der Waals surface area contributed by atoms with Crippen LogP contribution >= 0.6 is 0 Å². The third kappa shape index (κ3) is 3.15. The molecule has 0 spiro atoms. The molecule has 3 aliphatic rings. The van der Waals surface area contributed by atoms with Gasteiger partial charge in [0.1, 0.15) is 11.4 Å². The Balaban J connectivity index is 1.65. The van der Waals surface area contributed by atoms with Gasteiger partial charge in [0.25, 0.3) is 0 Å². The van der Waals surface area contributed by atoms with Crippen molar-refractivity contribution in [3.8, 4) is 5.75 Å². The van der Waals surface area contributed by atoms with Crippen molar-refractivity contribution >= 4 is 5.91 Å². The molecule has 1 aromatic carbocycles. The summed E-state index contributed by atoms with van der Waals surface area (Å²) in [6.45, 7) is 0.537. The molecular formula is C22H31NO4. The summed E-state index contributed by atoms with van der Waals surface area (Å²) in [4.78, 5) is 15.0. The van der Waals surface area contributed by atoms with E-state index in [2.05, 4.69) is 0 Å². The lowest BCUT2D eigenvalue weighted by atomic mass is 9.62. The number of carbonyl (C=O) groups excluding carboxylic acids is 1. The molecule has 1 aliphatic heterocycles. The quantitative estimate of drug-likeness (QED) is 0.851. The molecule has 0 bridgehead atoms. The fourth-order valence-electron chi connectivity index (χ4n) is 5.22. The number of amides is 1. The van der Waals surface area contributed by atoms with E-state index in [0.29, 0.717) is 32.2 Å². The number of carbonyl (C=O) groups is 1. The van der Waals surface area contributed by atoms with Gasteiger partial charge in [-0.3, -0.25) is 4.79 Å². The van der Waals surface area contributed by atoms with Crippen molar-refractivity contribution in [3.05, 3.63) is 29.8 Å². The Morgan fingerprint density at radius 1 is 1.11 bits per heavy atom. The number of hydrogen-bond acceptors (Lipinski definition) is 4. The van der Waals surface area contributed by atoms with E-state index in [1.807, 2.05) is 29.2 Å². The standard InChI is InChI=1S/C22H31NO4/c1-27-18-9-7-16(8-10-18)15-19-22(26)12-3-2-11-21(22,25)13-14-23(19)20(24)17-5-4-6-17/h7-10,17,19,25-26H,2-6,11-15H2,1H3/t19-,21+,22+/m1/s1. The summed E-state index contributed by atoms with van der Waals surface area (Å²) in [7, 11) is 1.64. The van der Waals surface area contributed by atoms with E-state index < -0.39 is 11.2 Å². The van der Waals surface area contributed by atoms with E-state index in [1.54, 1.807) is 7.11 Å². The summed E-state index contributed by atoms with van der Waals surface area (Å²) in [6, 6.07) is 7.42. The average Bonchev–Trinajstić information content (AvgIpc) is 2.62. The van der Waals surface area contributed by atoms with E-state index >= 15 is 0 Å². The van der Waals surface area contributed by atoms with Gasteiger partial charge in [-0.25, -0.2) is 0 Å². The van der Waals surface area contributed by atoms with Crippen LogP contribution in [0.3, 0.4) is 0 Å². The lowest BCUT2D eigenvalue weighted by Gasteiger charge is -2.58. The van der Waals surface area contributed by atoms with Crippen molar-refractivity contribution < 1.29 is 19.7 Å². The summed E-state index contributed by atoms with van der Waals surface area (Å²) >= 11 is 0. The first-order valence-electron chi connectivity index (χ1n) is 10.3. The molecule has 1 heterocycles. The van der Waals surface area contributed by atoms with Crippen molar-refractivity contribution in [3.63, 3.8) is 0 Å². The van der Waals surface area contributed by atoms with Gasteiger partial charge >= 0.3 is 0 Å². The Kier molecular flexibility index (Phi) is 4.93. The number of likely N-dealkylation sites (tertiary alicyclic amines) is 1. The number of benzene rings is 1. The second-order valence-electron chi connectivity index (χ2n) is 8.64. The van der Waals surface area contributed by atoms with E-state index in [0.717, 1.165) is 43.4 Å². The monoisotopic (exact) mass is 373 g/mol. The second-order valence-corrected chi connectivity index (χ2v) is 8.64. The Labute approximate surface area is 161 Å². The molecule has 27 heavy (non-hydrogen) atoms. The third-order valence-corrected chi connectivity index (χ3v) is 7.22. The molecule has 0 aromatic heterocycles. The van der Waals surface area contributed by atoms with Crippen LogP contribution in [0.5, 0.6) is 5.75 Å². The molecule has 1 amide bonds. The van der Waals surface area contributed by atoms with Gasteiger partial charge in [-0.2, -0.15) is 0 Å². The maximum atomic E-state index is 13.1. The fraction of sp³-hybridized carbons (Fsp3) is 0.682. The predicted octanol–water partition coefficient (Wildman–Crippen LogP) is 2.67. The normalized spacial score (nSPS) is 33.9. The van der Waals surface area contributed by atoms with Gasteiger partial charge in [0.2, 0.25) is 5.91 Å². The molecule has 148 valence electrons. The van der Waals surface area contributed by atoms with Crippen LogP contribution in [-0.2, 0) is 11.2 Å². The molecule has 5 heteroatoms. The molecule has 1 saturated heterocycles. The molecule has 2 N–H and O–H groups in total. The summed E-state index contributed by atoms with van der Waals surface area (Å²) in [5.41, 5.74) is -1.27. The SMILES string of the molecule is COc1ccc(C[C@H]2N(C(=O)C3CCC3)CC[C@@]3(O)CCCC[C@]23O)cc1. The fourth-order valence-corrected chi connectivity index (χ4v) is 5.22. The molecule has 0 unspecified atom stereocenters. The van der Waals surface area contributed by atoms with E-state index in [1.165, 1.54) is 0 Å². The van der Waals surface area contributed by atoms with Gasteiger partial charge < -0.3 is 19.8 Å². The highest BCUT2D eigenvalue weighted by Crippen LogP contribution is 2.48. The zero-order valence-electron chi connectivity index (χ0n) is 16.2. The summed E-state index contributed by atoms with van der Waals surface area (Å²) in [6.07, 6.45) is 7.05. The smallest absolute Gasteiger partial charge is 0.226 e. The van der Waals surface area contributed by atoms with Crippen LogP contribution in [0.4, 0.5) is 0 Å². The van der Waals surface area contributed by atoms with Gasteiger partial charge in [0, 0.05) is 12.5 Å². The van der Waals surface area contributed by atoms with Crippen LogP contribution in [-0.4, -0.2) is 51.9 Å². The van der Waals surface area contributed by atoms with Gasteiger partial charge in [-0.1, -0.05) is 31.4 Å². The Morgan fingerprint density at radius 2 is 1.81 bits per heavy atom. The zero-order chi connectivity index (χ0) is 19.1. The summed E-state index contributed by atoms with van der Waals surface area (Å²) in [5.74, 6) is 1.06. The molecule has 2 aliphatic carbocycles. The highest BCUT2D eigenvalue weighted by atomic mass is 16.5. The predicted molar refractivity (Wildman–Crippen MR) is 103 cm³/mol. The maximum Gasteiger partial charge on any atom is 0.226 e. The minimum Gasteiger partial charge on any atom is -0.497 e. The summed E-state index contributed by atoms with van der Waals surface area (Å²) < 4.78 is 5.24. The number of methoxy groups -OCH3 is 1. The number of ether oxygens (including phenoxy) is 1. The van der Waals surface area contributed by atoms with Crippen molar-refractivity contribution in [2.24, 2.45) is 5.92 Å². The van der Waals surface area contributed by atoms with Crippen LogP contribution in [0.25, 0.3) is 0 Å². The van der Waals surface area contributed by atoms with Crippen LogP contribution in [0.15, 0.2) is 24.3 Å². The topological polar surface area (TPSA) is 70.0 Å². The number of piperidine rings is 1. The molecule has 3 atom stereocenters. The molecular weight excluding hydrogens is 342 g/mol. The van der Waals surface area contributed by atoms with Gasteiger partial charge in [-0.15, -0.1) is 0 Å². The molecule has 3 fully saturated rings. The first kappa shape index (κ1) is 18.8. The van der Waals surface area contributed by atoms with Crippen molar-refractivity contribution in [1.82, 2.24) is 4.90 Å².